The molecule has 0 saturated carbocycles. The number of hydrogen-bond donors (Lipinski definition) is 0. The standard InChI is InChI=1S/C13H18BrFO2Si/c1-13(2,3)12(18(4)16)17-8-9-7-10(15)5-6-11(9)14/h5-7,12H,8H2,1-4H3. The van der Waals surface area contributed by atoms with Gasteiger partial charge in [-0.15, -0.1) is 0 Å². The maximum atomic E-state index is 13.1. The van der Waals surface area contributed by atoms with Crippen LogP contribution in [0.3, 0.4) is 0 Å². The zero-order valence-electron chi connectivity index (χ0n) is 11.1. The molecule has 2 nitrogen and oxygen atoms in total. The van der Waals surface area contributed by atoms with Gasteiger partial charge in [0.25, 0.3) is 0 Å². The lowest BCUT2D eigenvalue weighted by atomic mass is 9.98. The van der Waals surface area contributed by atoms with Crippen LogP contribution in [-0.2, 0) is 15.8 Å². The van der Waals surface area contributed by atoms with Crippen LogP contribution in [0.5, 0.6) is 0 Å². The third-order valence-corrected chi connectivity index (χ3v) is 5.11. The molecule has 1 aromatic rings. The Morgan fingerprint density at radius 3 is 2.56 bits per heavy atom. The molecule has 0 heterocycles. The number of rotatable bonds is 4. The molecule has 1 rings (SSSR count). The molecule has 5 heteroatoms. The molecule has 0 spiro atoms. The molecular formula is C13H18BrFO2Si. The Morgan fingerprint density at radius 1 is 1.44 bits per heavy atom. The minimum Gasteiger partial charge on any atom is -0.386 e. The Bertz CT molecular complexity index is 443. The molecule has 1 aromatic carbocycles. The fraction of sp³-hybridized carbons (Fsp3) is 0.538. The molecule has 0 radical (unpaired) electrons. The van der Waals surface area contributed by atoms with Crippen LogP contribution in [0, 0.1) is 11.2 Å². The van der Waals surface area contributed by atoms with E-state index in [4.69, 9.17) is 4.74 Å². The summed E-state index contributed by atoms with van der Waals surface area (Å²) in [5, 5.41) is 0. The van der Waals surface area contributed by atoms with Gasteiger partial charge >= 0.3 is 8.68 Å². The summed E-state index contributed by atoms with van der Waals surface area (Å²) in [7, 11) is -1.80. The predicted octanol–water partition coefficient (Wildman–Crippen LogP) is 4.11. The van der Waals surface area contributed by atoms with E-state index in [2.05, 4.69) is 15.9 Å². The highest BCUT2D eigenvalue weighted by atomic mass is 79.9. The maximum absolute atomic E-state index is 13.1. The fourth-order valence-electron chi connectivity index (χ4n) is 1.80. The van der Waals surface area contributed by atoms with Crippen LogP contribution in [0.25, 0.3) is 0 Å². The zero-order valence-corrected chi connectivity index (χ0v) is 13.7. The van der Waals surface area contributed by atoms with Crippen molar-refractivity contribution in [3.63, 3.8) is 0 Å². The van der Waals surface area contributed by atoms with Gasteiger partial charge in [-0.25, -0.2) is 4.39 Å². The van der Waals surface area contributed by atoms with Gasteiger partial charge in [0.1, 0.15) is 11.5 Å². The lowest BCUT2D eigenvalue weighted by Crippen LogP contribution is -2.36. The first kappa shape index (κ1) is 15.7. The molecule has 0 aliphatic carbocycles. The highest BCUT2D eigenvalue weighted by Gasteiger charge is 2.30. The summed E-state index contributed by atoms with van der Waals surface area (Å²) < 4.78 is 31.4. The minimum absolute atomic E-state index is 0.190. The topological polar surface area (TPSA) is 26.3 Å². The van der Waals surface area contributed by atoms with Crippen molar-refractivity contribution in [2.75, 3.05) is 0 Å². The van der Waals surface area contributed by atoms with E-state index < -0.39 is 8.68 Å². The van der Waals surface area contributed by atoms with Crippen molar-refractivity contribution in [2.24, 2.45) is 5.41 Å². The average molecular weight is 333 g/mol. The third kappa shape index (κ3) is 4.37. The van der Waals surface area contributed by atoms with E-state index in [1.54, 1.807) is 12.6 Å². The molecule has 1 unspecified atom stereocenters. The molecule has 0 amide bonds. The molecule has 18 heavy (non-hydrogen) atoms. The smallest absolute Gasteiger partial charge is 0.304 e. The SMILES string of the molecule is C[Si](=O)C(OCc1cc(F)ccc1Br)C(C)(C)C. The molecular weight excluding hydrogens is 315 g/mol. The quantitative estimate of drug-likeness (QED) is 0.775. The van der Waals surface area contributed by atoms with Crippen molar-refractivity contribution in [3.05, 3.63) is 34.1 Å². The van der Waals surface area contributed by atoms with Crippen molar-refractivity contribution in [2.45, 2.75) is 39.7 Å². The number of ether oxygens (including phenoxy) is 1. The van der Waals surface area contributed by atoms with Gasteiger partial charge in [-0.3, -0.25) is 0 Å². The van der Waals surface area contributed by atoms with E-state index in [0.29, 0.717) is 0 Å². The summed E-state index contributed by atoms with van der Waals surface area (Å²) in [5.74, 6) is -0.298. The van der Waals surface area contributed by atoms with Crippen LogP contribution >= 0.6 is 15.9 Å². The lowest BCUT2D eigenvalue weighted by molar-refractivity contribution is 0.0190. The van der Waals surface area contributed by atoms with Gasteiger partial charge in [0.15, 0.2) is 0 Å². The Balaban J connectivity index is 2.79. The van der Waals surface area contributed by atoms with Crippen molar-refractivity contribution < 1.29 is 13.6 Å². The summed E-state index contributed by atoms with van der Waals surface area (Å²) in [4.78, 5) is 0. The summed E-state index contributed by atoms with van der Waals surface area (Å²) in [6.07, 6.45) is 0. The first-order valence-electron chi connectivity index (χ1n) is 5.78. The number of hydrogen-bond acceptors (Lipinski definition) is 2. The Morgan fingerprint density at radius 2 is 2.06 bits per heavy atom. The van der Waals surface area contributed by atoms with Gasteiger partial charge in [0.2, 0.25) is 0 Å². The van der Waals surface area contributed by atoms with Crippen LogP contribution in [0.4, 0.5) is 4.39 Å². The second-order valence-corrected chi connectivity index (χ2v) is 8.00. The normalized spacial score (nSPS) is 13.4. The molecule has 1 atom stereocenters. The van der Waals surface area contributed by atoms with Gasteiger partial charge in [-0.1, -0.05) is 36.7 Å². The van der Waals surface area contributed by atoms with Gasteiger partial charge in [-0.05, 0) is 35.7 Å². The van der Waals surface area contributed by atoms with Crippen LogP contribution in [-0.4, -0.2) is 14.4 Å². The van der Waals surface area contributed by atoms with E-state index in [1.165, 1.54) is 12.1 Å². The van der Waals surface area contributed by atoms with Crippen molar-refractivity contribution in [1.29, 1.82) is 0 Å². The predicted molar refractivity (Wildman–Crippen MR) is 74.4 cm³/mol. The third-order valence-electron chi connectivity index (χ3n) is 2.57. The second kappa shape index (κ2) is 6.17. The number of benzene rings is 1. The summed E-state index contributed by atoms with van der Waals surface area (Å²) in [5.41, 5.74) is 0.232. The summed E-state index contributed by atoms with van der Waals surface area (Å²) in [6.45, 7) is 7.92. The highest BCUT2D eigenvalue weighted by molar-refractivity contribution is 9.10. The molecule has 0 bridgehead atoms. The summed E-state index contributed by atoms with van der Waals surface area (Å²) >= 11 is 3.35. The van der Waals surface area contributed by atoms with Crippen LogP contribution < -0.4 is 0 Å². The zero-order chi connectivity index (χ0) is 13.9. The molecule has 0 saturated heterocycles. The lowest BCUT2D eigenvalue weighted by Gasteiger charge is -2.28. The molecule has 0 fully saturated rings. The van der Waals surface area contributed by atoms with Gasteiger partial charge < -0.3 is 9.20 Å². The largest absolute Gasteiger partial charge is 0.386 e. The average Bonchev–Trinajstić information content (AvgIpc) is 2.20. The van der Waals surface area contributed by atoms with Gasteiger partial charge in [0, 0.05) is 4.47 Å². The van der Waals surface area contributed by atoms with Crippen molar-refractivity contribution in [3.8, 4) is 0 Å². The van der Waals surface area contributed by atoms with E-state index >= 15 is 0 Å². The van der Waals surface area contributed by atoms with E-state index in [1.807, 2.05) is 20.8 Å². The van der Waals surface area contributed by atoms with Gasteiger partial charge in [-0.2, -0.15) is 0 Å². The van der Waals surface area contributed by atoms with Crippen LogP contribution in [0.2, 0.25) is 6.55 Å². The fourth-order valence-corrected chi connectivity index (χ4v) is 3.70. The Hall–Kier alpha value is -0.393. The number of halogens is 2. The molecule has 0 N–H and O–H groups in total. The van der Waals surface area contributed by atoms with Crippen molar-refractivity contribution >= 4 is 24.6 Å². The molecule has 0 aliphatic heterocycles. The van der Waals surface area contributed by atoms with E-state index in [-0.39, 0.29) is 23.6 Å². The van der Waals surface area contributed by atoms with Gasteiger partial charge in [0.05, 0.1) is 6.61 Å². The van der Waals surface area contributed by atoms with E-state index in [0.717, 1.165) is 10.0 Å². The van der Waals surface area contributed by atoms with E-state index in [9.17, 15) is 8.85 Å². The maximum Gasteiger partial charge on any atom is 0.304 e. The Labute approximate surface area is 117 Å². The molecule has 0 aliphatic rings. The van der Waals surface area contributed by atoms with Crippen molar-refractivity contribution in [1.82, 2.24) is 0 Å². The minimum atomic E-state index is -1.80. The first-order valence-corrected chi connectivity index (χ1v) is 8.55. The monoisotopic (exact) mass is 332 g/mol. The second-order valence-electron chi connectivity index (χ2n) is 5.40. The molecule has 100 valence electrons. The van der Waals surface area contributed by atoms with Crippen LogP contribution in [0.1, 0.15) is 26.3 Å². The highest BCUT2D eigenvalue weighted by Crippen LogP contribution is 2.25. The summed E-state index contributed by atoms with van der Waals surface area (Å²) in [6, 6.07) is 4.46. The Kier molecular flexibility index (Phi) is 5.37. The first-order chi connectivity index (χ1) is 8.21. The van der Waals surface area contributed by atoms with Crippen LogP contribution in [0.15, 0.2) is 22.7 Å². The molecule has 0 aromatic heterocycles.